The number of hydrogen-bond donors (Lipinski definition) is 2. The Labute approximate surface area is 159 Å². The van der Waals surface area contributed by atoms with Gasteiger partial charge in [0.05, 0.1) is 17.2 Å². The van der Waals surface area contributed by atoms with Gasteiger partial charge in [0.1, 0.15) is 12.6 Å². The number of carboxylic acid groups (broad SMARTS) is 1. The third kappa shape index (κ3) is 3.41. The topological polar surface area (TPSA) is 134 Å². The molecule has 0 amide bonds. The molecule has 2 heterocycles. The van der Waals surface area contributed by atoms with Gasteiger partial charge >= 0.3 is 17.6 Å². The number of aliphatic carboxylic acids is 1. The van der Waals surface area contributed by atoms with E-state index in [0.717, 1.165) is 11.1 Å². The molecule has 0 aliphatic heterocycles. The number of fused-ring (bicyclic) bond motifs is 1. The van der Waals surface area contributed by atoms with Crippen LogP contribution in [0, 0.1) is 0 Å². The minimum absolute atomic E-state index is 0.239. The van der Waals surface area contributed by atoms with Crippen LogP contribution in [0.4, 0.5) is 0 Å². The van der Waals surface area contributed by atoms with E-state index in [4.69, 9.17) is 11.0 Å². The van der Waals surface area contributed by atoms with Gasteiger partial charge in [-0.15, -0.1) is 0 Å². The summed E-state index contributed by atoms with van der Waals surface area (Å²) in [5, 5.41) is 12.9. The number of carbonyl (C=O) groups is 2. The summed E-state index contributed by atoms with van der Waals surface area (Å²) < 4.78 is 4.17. The van der Waals surface area contributed by atoms with Crippen molar-refractivity contribution in [2.24, 2.45) is 12.9 Å². The molecule has 1 atom stereocenters. The number of nitrogens with two attached hydrogens (primary N) is 1. The third-order valence-electron chi connectivity index (χ3n) is 4.62. The van der Waals surface area contributed by atoms with Crippen LogP contribution in [0.3, 0.4) is 0 Å². The summed E-state index contributed by atoms with van der Waals surface area (Å²) >= 11 is 0. The van der Waals surface area contributed by atoms with Gasteiger partial charge in [0.15, 0.2) is 0 Å². The first-order chi connectivity index (χ1) is 13.4. The van der Waals surface area contributed by atoms with E-state index in [1.54, 1.807) is 37.6 Å². The zero-order chi connectivity index (χ0) is 20.4. The Bertz CT molecular complexity index is 1090. The number of aryl methyl sites for hydroxylation is 1. The van der Waals surface area contributed by atoms with Crippen molar-refractivity contribution in [3.63, 3.8) is 0 Å². The summed E-state index contributed by atoms with van der Waals surface area (Å²) in [6.07, 6.45) is 4.27. The van der Waals surface area contributed by atoms with Crippen molar-refractivity contribution in [3.8, 4) is 11.1 Å². The zero-order valence-corrected chi connectivity index (χ0v) is 15.5. The number of rotatable bonds is 7. The second-order valence-corrected chi connectivity index (χ2v) is 6.48. The molecule has 1 unspecified atom stereocenters. The number of benzene rings is 1. The smallest absolute Gasteiger partial charge is 0.347 e. The van der Waals surface area contributed by atoms with Crippen LogP contribution in [0.2, 0.25) is 0 Å². The van der Waals surface area contributed by atoms with Crippen LogP contribution in [-0.2, 0) is 28.0 Å². The summed E-state index contributed by atoms with van der Waals surface area (Å²) in [5.41, 5.74) is 2.34. The average Bonchev–Trinajstić information content (AvgIpc) is 3.22. The van der Waals surface area contributed by atoms with Crippen LogP contribution in [0.5, 0.6) is 0 Å². The van der Waals surface area contributed by atoms with Gasteiger partial charge in [-0.05, 0) is 24.1 Å². The van der Waals surface area contributed by atoms with Crippen molar-refractivity contribution in [1.82, 2.24) is 18.9 Å². The molecular formula is C18H21N5O5. The Morgan fingerprint density at radius 1 is 1.29 bits per heavy atom. The molecule has 3 aromatic rings. The second-order valence-electron chi connectivity index (χ2n) is 6.48. The van der Waals surface area contributed by atoms with Crippen LogP contribution in [0.25, 0.3) is 22.2 Å². The van der Waals surface area contributed by atoms with Crippen molar-refractivity contribution in [2.75, 3.05) is 0 Å². The van der Waals surface area contributed by atoms with Gasteiger partial charge in [-0.2, -0.15) is 11.0 Å². The lowest BCUT2D eigenvalue weighted by Gasteiger charge is -2.15. The molecule has 10 nitrogen and oxygen atoms in total. The van der Waals surface area contributed by atoms with Crippen molar-refractivity contribution in [3.05, 3.63) is 41.1 Å². The quantitative estimate of drug-likeness (QED) is 0.579. The van der Waals surface area contributed by atoms with E-state index in [0.29, 0.717) is 23.9 Å². The lowest BCUT2D eigenvalue weighted by Crippen LogP contribution is -2.32. The largest absolute Gasteiger partial charge is 0.480 e. The second kappa shape index (κ2) is 7.69. The molecule has 0 saturated heterocycles. The zero-order valence-electron chi connectivity index (χ0n) is 15.5. The molecule has 0 radical (unpaired) electrons. The average molecular weight is 387 g/mol. The maximum absolute atomic E-state index is 12.8. The van der Waals surface area contributed by atoms with Gasteiger partial charge in [-0.25, -0.2) is 9.59 Å². The summed E-state index contributed by atoms with van der Waals surface area (Å²) in [4.78, 5) is 40.1. The highest BCUT2D eigenvalue weighted by molar-refractivity contribution is 5.85. The molecule has 2 aromatic heterocycles. The number of carboxylic acids is 1. The normalized spacial score (nSPS) is 12.2. The first kappa shape index (κ1) is 19.4. The predicted molar refractivity (Wildman–Crippen MR) is 100 cm³/mol. The summed E-state index contributed by atoms with van der Waals surface area (Å²) in [7, 11) is 1.62. The van der Waals surface area contributed by atoms with E-state index in [1.165, 1.54) is 13.8 Å². The van der Waals surface area contributed by atoms with E-state index < -0.39 is 18.0 Å². The SMILES string of the molecule is CCCC(C(=O)ON)n1c(=O)n(C)c2cc(-c3cnn(CC(=O)O)c3)ccc21. The van der Waals surface area contributed by atoms with Crippen LogP contribution < -0.4 is 11.6 Å². The van der Waals surface area contributed by atoms with Crippen LogP contribution in [-0.4, -0.2) is 36.0 Å². The Balaban J connectivity index is 2.10. The standard InChI is InChI=1S/C18H21N5O5/c1-3-4-14(17(26)28-19)23-13-6-5-11(7-15(13)21(2)18(23)27)12-8-20-22(9-12)10-16(24)25/h5-9,14H,3-4,10,19H2,1-2H3,(H,24,25). The maximum atomic E-state index is 12.8. The first-order valence-electron chi connectivity index (χ1n) is 8.73. The molecule has 148 valence electrons. The molecular weight excluding hydrogens is 366 g/mol. The van der Waals surface area contributed by atoms with E-state index in [1.807, 2.05) is 6.92 Å². The molecule has 0 spiro atoms. The fraction of sp³-hybridized carbons (Fsp3) is 0.333. The number of hydrogen-bond acceptors (Lipinski definition) is 6. The molecule has 10 heteroatoms. The van der Waals surface area contributed by atoms with E-state index in [9.17, 15) is 14.4 Å². The number of nitrogens with zero attached hydrogens (tertiary/aromatic N) is 4. The van der Waals surface area contributed by atoms with Crippen molar-refractivity contribution in [2.45, 2.75) is 32.4 Å². The third-order valence-corrected chi connectivity index (χ3v) is 4.62. The fourth-order valence-electron chi connectivity index (χ4n) is 3.29. The Morgan fingerprint density at radius 3 is 2.68 bits per heavy atom. The van der Waals surface area contributed by atoms with Gasteiger partial charge in [-0.3, -0.25) is 18.6 Å². The van der Waals surface area contributed by atoms with Gasteiger partial charge < -0.3 is 9.94 Å². The summed E-state index contributed by atoms with van der Waals surface area (Å²) in [6, 6.07) is 4.52. The predicted octanol–water partition coefficient (Wildman–Crippen LogP) is 1.05. The number of aromatic nitrogens is 4. The van der Waals surface area contributed by atoms with Crippen LogP contribution in [0.1, 0.15) is 25.8 Å². The minimum atomic E-state index is -0.988. The molecule has 0 bridgehead atoms. The highest BCUT2D eigenvalue weighted by atomic mass is 16.7. The van der Waals surface area contributed by atoms with Crippen molar-refractivity contribution in [1.29, 1.82) is 0 Å². The molecule has 0 aliphatic carbocycles. The summed E-state index contributed by atoms with van der Waals surface area (Å²) in [5.74, 6) is 3.40. The van der Waals surface area contributed by atoms with Gasteiger partial charge in [0.25, 0.3) is 0 Å². The molecule has 0 fully saturated rings. The fourth-order valence-corrected chi connectivity index (χ4v) is 3.29. The first-order valence-corrected chi connectivity index (χ1v) is 8.73. The monoisotopic (exact) mass is 387 g/mol. The Hall–Kier alpha value is -3.40. The van der Waals surface area contributed by atoms with Gasteiger partial charge in [0, 0.05) is 18.8 Å². The number of carbonyl (C=O) groups excluding carboxylic acids is 1. The molecule has 0 saturated carbocycles. The molecule has 1 aromatic carbocycles. The lowest BCUT2D eigenvalue weighted by atomic mass is 10.1. The highest BCUT2D eigenvalue weighted by Crippen LogP contribution is 2.26. The maximum Gasteiger partial charge on any atom is 0.347 e. The Kier molecular flexibility index (Phi) is 5.32. The molecule has 0 aliphatic rings. The lowest BCUT2D eigenvalue weighted by molar-refractivity contribution is -0.148. The molecule has 3 rings (SSSR count). The molecule has 3 N–H and O–H groups in total. The minimum Gasteiger partial charge on any atom is -0.480 e. The van der Waals surface area contributed by atoms with Gasteiger partial charge in [-0.1, -0.05) is 19.4 Å². The Morgan fingerprint density at radius 2 is 2.04 bits per heavy atom. The van der Waals surface area contributed by atoms with Crippen molar-refractivity contribution >= 4 is 23.0 Å². The van der Waals surface area contributed by atoms with Crippen molar-refractivity contribution < 1.29 is 19.5 Å². The van der Waals surface area contributed by atoms with E-state index in [2.05, 4.69) is 9.94 Å². The highest BCUT2D eigenvalue weighted by Gasteiger charge is 2.26. The van der Waals surface area contributed by atoms with Gasteiger partial charge in [0.2, 0.25) is 0 Å². The van der Waals surface area contributed by atoms with E-state index >= 15 is 0 Å². The van der Waals surface area contributed by atoms with E-state index in [-0.39, 0.29) is 12.2 Å². The van der Waals surface area contributed by atoms with Crippen LogP contribution in [0.15, 0.2) is 35.4 Å². The summed E-state index contributed by atoms with van der Waals surface area (Å²) in [6.45, 7) is 1.66. The molecule has 28 heavy (non-hydrogen) atoms. The number of imidazole rings is 1. The van der Waals surface area contributed by atoms with Crippen LogP contribution >= 0.6 is 0 Å².